The second kappa shape index (κ2) is 5.76. The quantitative estimate of drug-likeness (QED) is 0.714. The van der Waals surface area contributed by atoms with Crippen LogP contribution in [0.2, 0.25) is 0 Å². The number of carbonyl (C=O) groups is 1. The van der Waals surface area contributed by atoms with Gasteiger partial charge < -0.3 is 4.74 Å². The molecule has 0 spiro atoms. The monoisotopic (exact) mass is 290 g/mol. The van der Waals surface area contributed by atoms with E-state index in [0.29, 0.717) is 38.4 Å². The van der Waals surface area contributed by atoms with E-state index >= 15 is 0 Å². The van der Waals surface area contributed by atoms with E-state index in [2.05, 4.69) is 6.92 Å². The van der Waals surface area contributed by atoms with Gasteiger partial charge in [0.25, 0.3) is 10.2 Å². The van der Waals surface area contributed by atoms with Crippen LogP contribution in [0.3, 0.4) is 0 Å². The van der Waals surface area contributed by atoms with Crippen molar-refractivity contribution in [3.05, 3.63) is 0 Å². The van der Waals surface area contributed by atoms with E-state index in [9.17, 15) is 13.2 Å². The van der Waals surface area contributed by atoms with Crippen molar-refractivity contribution in [2.45, 2.75) is 38.6 Å². The summed E-state index contributed by atoms with van der Waals surface area (Å²) in [5.74, 6) is 0.118. The summed E-state index contributed by atoms with van der Waals surface area (Å²) < 4.78 is 32.7. The predicted molar refractivity (Wildman–Crippen MR) is 70.6 cm³/mol. The lowest BCUT2D eigenvalue weighted by atomic mass is 10.0. The second-order valence-corrected chi connectivity index (χ2v) is 7.26. The summed E-state index contributed by atoms with van der Waals surface area (Å²) in [6, 6.07) is -0.644. The van der Waals surface area contributed by atoms with E-state index < -0.39 is 22.2 Å². The summed E-state index contributed by atoms with van der Waals surface area (Å²) in [4.78, 5) is 11.7. The second-order valence-electron chi connectivity index (χ2n) is 5.38. The Bertz CT molecular complexity index is 429. The highest BCUT2D eigenvalue weighted by atomic mass is 32.2. The average Bonchev–Trinajstić information content (AvgIpc) is 2.88. The van der Waals surface area contributed by atoms with Crippen molar-refractivity contribution in [1.29, 1.82) is 0 Å². The molecule has 0 bridgehead atoms. The van der Waals surface area contributed by atoms with Gasteiger partial charge in [0, 0.05) is 19.6 Å². The zero-order chi connectivity index (χ0) is 14.0. The van der Waals surface area contributed by atoms with Gasteiger partial charge in [-0.3, -0.25) is 4.79 Å². The summed E-state index contributed by atoms with van der Waals surface area (Å²) in [7, 11) is -2.22. The molecule has 1 unspecified atom stereocenters. The molecule has 2 aliphatic rings. The van der Waals surface area contributed by atoms with Gasteiger partial charge >= 0.3 is 5.97 Å². The molecule has 0 radical (unpaired) electrons. The Morgan fingerprint density at radius 3 is 2.37 bits per heavy atom. The zero-order valence-electron chi connectivity index (χ0n) is 11.5. The molecule has 6 nitrogen and oxygen atoms in total. The molecule has 2 aliphatic heterocycles. The number of nitrogens with zero attached hydrogens (tertiary/aromatic N) is 2. The van der Waals surface area contributed by atoms with Crippen LogP contribution >= 0.6 is 0 Å². The number of rotatable bonds is 3. The summed E-state index contributed by atoms with van der Waals surface area (Å²) in [6.07, 6.45) is 3.03. The average molecular weight is 290 g/mol. The maximum Gasteiger partial charge on any atom is 0.324 e. The molecule has 0 N–H and O–H groups in total. The third-order valence-corrected chi connectivity index (χ3v) is 6.09. The van der Waals surface area contributed by atoms with Gasteiger partial charge in [0.2, 0.25) is 0 Å². The fraction of sp³-hybridized carbons (Fsp3) is 0.917. The van der Waals surface area contributed by atoms with Crippen molar-refractivity contribution >= 4 is 16.2 Å². The van der Waals surface area contributed by atoms with Gasteiger partial charge in [0.05, 0.1) is 7.11 Å². The van der Waals surface area contributed by atoms with E-state index in [1.54, 1.807) is 0 Å². The summed E-state index contributed by atoms with van der Waals surface area (Å²) in [5.41, 5.74) is 0. The number of ether oxygens (including phenoxy) is 1. The Kier molecular flexibility index (Phi) is 4.47. The van der Waals surface area contributed by atoms with Crippen LogP contribution < -0.4 is 0 Å². The molecule has 0 aromatic heterocycles. The van der Waals surface area contributed by atoms with Crippen molar-refractivity contribution in [1.82, 2.24) is 8.61 Å². The molecule has 1 atom stereocenters. The van der Waals surface area contributed by atoms with Gasteiger partial charge in [-0.15, -0.1) is 0 Å². The molecule has 2 fully saturated rings. The first-order valence-corrected chi connectivity index (χ1v) is 8.21. The molecule has 110 valence electrons. The molecule has 0 saturated carbocycles. The van der Waals surface area contributed by atoms with Crippen LogP contribution in [0.4, 0.5) is 0 Å². The third-order valence-electron chi connectivity index (χ3n) is 4.04. The molecule has 0 aromatic carbocycles. The molecule has 0 amide bonds. The maximum absolute atomic E-state index is 12.6. The number of piperidine rings is 1. The largest absolute Gasteiger partial charge is 0.468 e. The topological polar surface area (TPSA) is 66.9 Å². The minimum Gasteiger partial charge on any atom is -0.468 e. The van der Waals surface area contributed by atoms with Gasteiger partial charge in [0.1, 0.15) is 6.04 Å². The van der Waals surface area contributed by atoms with Crippen LogP contribution in [0.1, 0.15) is 32.6 Å². The van der Waals surface area contributed by atoms with Crippen LogP contribution in [0, 0.1) is 5.92 Å². The molecule has 0 aromatic rings. The van der Waals surface area contributed by atoms with E-state index in [4.69, 9.17) is 4.74 Å². The number of esters is 1. The molecule has 2 saturated heterocycles. The standard InChI is InChI=1S/C12H22N2O4S/c1-10-5-8-13(9-6-10)19(16,17)14-7-3-4-11(14)12(15)18-2/h10-11H,3-9H2,1-2H3. The normalized spacial score (nSPS) is 27.6. The first-order valence-electron chi connectivity index (χ1n) is 6.81. The number of methoxy groups -OCH3 is 1. The van der Waals surface area contributed by atoms with Gasteiger partial charge in [-0.2, -0.15) is 17.0 Å². The summed E-state index contributed by atoms with van der Waals surface area (Å²) in [5, 5.41) is 0. The van der Waals surface area contributed by atoms with Gasteiger partial charge in [-0.05, 0) is 31.6 Å². The third kappa shape index (κ3) is 2.93. The van der Waals surface area contributed by atoms with Crippen LogP contribution in [-0.2, 0) is 19.7 Å². The van der Waals surface area contributed by atoms with Crippen LogP contribution in [0.25, 0.3) is 0 Å². The molecular formula is C12H22N2O4S. The Labute approximate surface area is 114 Å². The maximum atomic E-state index is 12.6. The summed E-state index contributed by atoms with van der Waals surface area (Å²) >= 11 is 0. The lowest BCUT2D eigenvalue weighted by molar-refractivity contribution is -0.144. The van der Waals surface area contributed by atoms with E-state index in [1.165, 1.54) is 15.7 Å². The molecule has 2 rings (SSSR count). The lowest BCUT2D eigenvalue weighted by Gasteiger charge is -2.34. The Morgan fingerprint density at radius 2 is 1.79 bits per heavy atom. The lowest BCUT2D eigenvalue weighted by Crippen LogP contribution is -2.50. The first kappa shape index (κ1) is 14.7. The Morgan fingerprint density at radius 1 is 1.16 bits per heavy atom. The van der Waals surface area contributed by atoms with Crippen molar-refractivity contribution in [3.63, 3.8) is 0 Å². The van der Waals surface area contributed by atoms with Crippen molar-refractivity contribution in [2.24, 2.45) is 5.92 Å². The van der Waals surface area contributed by atoms with E-state index in [1.807, 2.05) is 0 Å². The number of hydrogen-bond acceptors (Lipinski definition) is 4. The minimum atomic E-state index is -3.52. The first-order chi connectivity index (χ1) is 8.96. The fourth-order valence-electron chi connectivity index (χ4n) is 2.75. The zero-order valence-corrected chi connectivity index (χ0v) is 12.4. The smallest absolute Gasteiger partial charge is 0.324 e. The summed E-state index contributed by atoms with van der Waals surface area (Å²) in [6.45, 7) is 3.65. The van der Waals surface area contributed by atoms with Crippen LogP contribution in [0.15, 0.2) is 0 Å². The van der Waals surface area contributed by atoms with Crippen molar-refractivity contribution < 1.29 is 17.9 Å². The SMILES string of the molecule is COC(=O)C1CCCN1S(=O)(=O)N1CCC(C)CC1. The Balaban J connectivity index is 2.12. The van der Waals surface area contributed by atoms with E-state index in [-0.39, 0.29) is 0 Å². The molecule has 7 heteroatoms. The van der Waals surface area contributed by atoms with Crippen LogP contribution in [0.5, 0.6) is 0 Å². The van der Waals surface area contributed by atoms with Gasteiger partial charge in [0.15, 0.2) is 0 Å². The minimum absolute atomic E-state index is 0.411. The van der Waals surface area contributed by atoms with Crippen molar-refractivity contribution in [3.8, 4) is 0 Å². The van der Waals surface area contributed by atoms with Gasteiger partial charge in [-0.25, -0.2) is 0 Å². The highest BCUT2D eigenvalue weighted by molar-refractivity contribution is 7.86. The molecular weight excluding hydrogens is 268 g/mol. The molecule has 2 heterocycles. The molecule has 0 aliphatic carbocycles. The fourth-order valence-corrected chi connectivity index (χ4v) is 4.59. The molecule has 19 heavy (non-hydrogen) atoms. The van der Waals surface area contributed by atoms with Crippen molar-refractivity contribution in [2.75, 3.05) is 26.7 Å². The highest BCUT2D eigenvalue weighted by Gasteiger charge is 2.42. The van der Waals surface area contributed by atoms with E-state index in [0.717, 1.165) is 12.8 Å². The highest BCUT2D eigenvalue weighted by Crippen LogP contribution is 2.27. The van der Waals surface area contributed by atoms with Crippen LogP contribution in [-0.4, -0.2) is 55.8 Å². The number of carbonyl (C=O) groups excluding carboxylic acids is 1. The Hall–Kier alpha value is -0.660. The predicted octanol–water partition coefficient (Wildman–Crippen LogP) is 0.600. The van der Waals surface area contributed by atoms with Gasteiger partial charge in [-0.1, -0.05) is 6.92 Å². The number of hydrogen-bond donors (Lipinski definition) is 0.